The minimum atomic E-state index is -1.29. The van der Waals surface area contributed by atoms with Gasteiger partial charge in [-0.25, -0.2) is 15.0 Å². The number of fused-ring (bicyclic) bond motifs is 1. The van der Waals surface area contributed by atoms with E-state index in [1.165, 1.54) is 10.9 Å². The number of nitrogens with two attached hydrogens (primary N) is 2. The number of rotatable bonds is 12. The molecule has 4 heterocycles. The molecule has 2 aliphatic rings. The Hall–Kier alpha value is -4.20. The van der Waals surface area contributed by atoms with Gasteiger partial charge in [0.2, 0.25) is 5.91 Å². The third-order valence-electron chi connectivity index (χ3n) is 7.51. The summed E-state index contributed by atoms with van der Waals surface area (Å²) in [4.78, 5) is 40.8. The van der Waals surface area contributed by atoms with Crippen LogP contribution in [0.3, 0.4) is 0 Å². The lowest BCUT2D eigenvalue weighted by Gasteiger charge is -2.24. The lowest BCUT2D eigenvalue weighted by atomic mass is 9.90. The van der Waals surface area contributed by atoms with Gasteiger partial charge in [-0.15, -0.1) is 0 Å². The molecule has 0 aliphatic carbocycles. The van der Waals surface area contributed by atoms with Crippen LogP contribution in [-0.4, -0.2) is 71.2 Å². The topological polar surface area (TPSA) is 212 Å². The van der Waals surface area contributed by atoms with Crippen molar-refractivity contribution in [2.75, 3.05) is 5.73 Å². The molecule has 13 heteroatoms. The summed E-state index contributed by atoms with van der Waals surface area (Å²) in [6, 6.07) is 9.87. The van der Waals surface area contributed by atoms with Gasteiger partial charge in [-0.3, -0.25) is 19.1 Å². The third-order valence-corrected chi connectivity index (χ3v) is 7.51. The average molecular weight is 564 g/mol. The molecule has 216 valence electrons. The van der Waals surface area contributed by atoms with Crippen LogP contribution in [0.4, 0.5) is 5.82 Å². The van der Waals surface area contributed by atoms with Crippen LogP contribution < -0.4 is 11.5 Å². The van der Waals surface area contributed by atoms with E-state index in [4.69, 9.17) is 26.2 Å². The van der Waals surface area contributed by atoms with Crippen molar-refractivity contribution in [2.24, 2.45) is 10.7 Å². The number of benzene rings is 1. The van der Waals surface area contributed by atoms with Crippen LogP contribution in [0, 0.1) is 0 Å². The molecule has 1 fully saturated rings. The molecule has 13 nitrogen and oxygen atoms in total. The standard InChI is InChI=1S/C28H33N7O6/c29-19(36)8-4-7-18-22(39)23(40)26(41-18)35-15-31-21-24(30)33-27(34-25(21)35)28(12-11-16-5-2-1-3-6-16)13-17(14-32-28)9-10-20(37)38/h1-3,5-6,13-15,18,22-23,26,39-40H,4,7-12H2,(H2,29,36)(H,37,38)(H2,30,33,34)/t18-,22?,23?,26-,28?/m1/s1. The fourth-order valence-electron chi connectivity index (χ4n) is 5.31. The van der Waals surface area contributed by atoms with Gasteiger partial charge in [0, 0.05) is 19.1 Å². The Morgan fingerprint density at radius 3 is 2.59 bits per heavy atom. The number of aliphatic hydroxyl groups is 2. The molecule has 0 saturated carbocycles. The third kappa shape index (κ3) is 5.97. The monoisotopic (exact) mass is 563 g/mol. The number of allylic oxidation sites excluding steroid dienone is 1. The number of imidazole rings is 1. The molecule has 0 spiro atoms. The zero-order valence-electron chi connectivity index (χ0n) is 22.3. The first-order valence-electron chi connectivity index (χ1n) is 13.5. The van der Waals surface area contributed by atoms with Crippen LogP contribution >= 0.6 is 0 Å². The fraction of sp³-hybridized carbons (Fsp3) is 0.429. The van der Waals surface area contributed by atoms with Gasteiger partial charge < -0.3 is 31.5 Å². The maximum absolute atomic E-state index is 11.2. The number of aliphatic imine (C=N–C) groups is 1. The maximum atomic E-state index is 11.2. The number of anilines is 1. The van der Waals surface area contributed by atoms with E-state index in [0.717, 1.165) is 11.1 Å². The van der Waals surface area contributed by atoms with Gasteiger partial charge in [-0.2, -0.15) is 0 Å². The van der Waals surface area contributed by atoms with Crippen molar-refractivity contribution in [3.05, 3.63) is 59.7 Å². The number of aliphatic carboxylic acids is 1. The second-order valence-electron chi connectivity index (χ2n) is 10.4. The number of carbonyl (C=O) groups excluding carboxylic acids is 1. The van der Waals surface area contributed by atoms with E-state index in [2.05, 4.69) is 9.97 Å². The molecule has 1 aromatic carbocycles. The zero-order chi connectivity index (χ0) is 29.1. The molecule has 1 saturated heterocycles. The Bertz CT molecular complexity index is 1490. The van der Waals surface area contributed by atoms with E-state index < -0.39 is 42.0 Å². The second kappa shape index (κ2) is 11.7. The highest BCUT2D eigenvalue weighted by Crippen LogP contribution is 2.39. The van der Waals surface area contributed by atoms with Gasteiger partial charge in [0.05, 0.1) is 12.4 Å². The molecule has 3 aromatic rings. The van der Waals surface area contributed by atoms with E-state index in [1.807, 2.05) is 36.4 Å². The van der Waals surface area contributed by atoms with Gasteiger partial charge in [-0.1, -0.05) is 30.3 Å². The summed E-state index contributed by atoms with van der Waals surface area (Å²) in [5.41, 5.74) is 13.0. The highest BCUT2D eigenvalue weighted by atomic mass is 16.6. The van der Waals surface area contributed by atoms with E-state index in [1.54, 1.807) is 6.21 Å². The Balaban J connectivity index is 1.49. The highest BCUT2D eigenvalue weighted by Gasteiger charge is 2.44. The molecule has 0 bridgehead atoms. The number of carboxylic acid groups (broad SMARTS) is 1. The smallest absolute Gasteiger partial charge is 0.303 e. The summed E-state index contributed by atoms with van der Waals surface area (Å²) in [5.74, 6) is -0.952. The van der Waals surface area contributed by atoms with Gasteiger partial charge in [0.25, 0.3) is 0 Å². The second-order valence-corrected chi connectivity index (χ2v) is 10.4. The first-order chi connectivity index (χ1) is 19.7. The lowest BCUT2D eigenvalue weighted by Crippen LogP contribution is -2.31. The molecular weight excluding hydrogens is 530 g/mol. The van der Waals surface area contributed by atoms with Crippen molar-refractivity contribution < 1.29 is 29.6 Å². The molecule has 2 aromatic heterocycles. The lowest BCUT2D eigenvalue weighted by molar-refractivity contribution is -0.136. The predicted molar refractivity (Wildman–Crippen MR) is 149 cm³/mol. The number of ether oxygens (including phenoxy) is 1. The molecule has 5 rings (SSSR count). The van der Waals surface area contributed by atoms with E-state index in [-0.39, 0.29) is 18.7 Å². The minimum absolute atomic E-state index is 0.0404. The largest absolute Gasteiger partial charge is 0.481 e. The summed E-state index contributed by atoms with van der Waals surface area (Å²) >= 11 is 0. The van der Waals surface area contributed by atoms with E-state index in [0.29, 0.717) is 49.1 Å². The summed E-state index contributed by atoms with van der Waals surface area (Å²) in [6.45, 7) is 0. The summed E-state index contributed by atoms with van der Waals surface area (Å²) in [6.07, 6.45) is 3.03. The predicted octanol–water partition coefficient (Wildman–Crippen LogP) is 1.39. The average Bonchev–Trinajstić information content (AvgIpc) is 3.64. The zero-order valence-corrected chi connectivity index (χ0v) is 22.3. The fourth-order valence-corrected chi connectivity index (χ4v) is 5.31. The molecule has 41 heavy (non-hydrogen) atoms. The maximum Gasteiger partial charge on any atom is 0.303 e. The Kier molecular flexibility index (Phi) is 8.10. The first-order valence-corrected chi connectivity index (χ1v) is 13.5. The van der Waals surface area contributed by atoms with Gasteiger partial charge in [0.1, 0.15) is 23.3 Å². The van der Waals surface area contributed by atoms with Crippen LogP contribution in [0.5, 0.6) is 0 Å². The van der Waals surface area contributed by atoms with Crippen molar-refractivity contribution in [3.63, 3.8) is 0 Å². The Morgan fingerprint density at radius 1 is 1.07 bits per heavy atom. The molecule has 3 unspecified atom stereocenters. The van der Waals surface area contributed by atoms with Gasteiger partial charge >= 0.3 is 5.97 Å². The summed E-state index contributed by atoms with van der Waals surface area (Å²) < 4.78 is 7.51. The van der Waals surface area contributed by atoms with Crippen molar-refractivity contribution >= 4 is 35.1 Å². The molecule has 7 N–H and O–H groups in total. The molecule has 2 aliphatic heterocycles. The Morgan fingerprint density at radius 2 is 1.85 bits per heavy atom. The molecular formula is C28H33N7O6. The minimum Gasteiger partial charge on any atom is -0.481 e. The Labute approximate surface area is 235 Å². The highest BCUT2D eigenvalue weighted by molar-refractivity contribution is 5.85. The first kappa shape index (κ1) is 28.3. The van der Waals surface area contributed by atoms with Crippen LogP contribution in [0.2, 0.25) is 0 Å². The van der Waals surface area contributed by atoms with Crippen molar-refractivity contribution in [1.29, 1.82) is 0 Å². The number of aryl methyl sites for hydroxylation is 1. The molecule has 5 atom stereocenters. The van der Waals surface area contributed by atoms with E-state index in [9.17, 15) is 24.9 Å². The molecule has 1 amide bonds. The number of primary amides is 1. The van der Waals surface area contributed by atoms with Crippen LogP contribution in [0.15, 0.2) is 53.3 Å². The van der Waals surface area contributed by atoms with Crippen LogP contribution in [0.25, 0.3) is 11.2 Å². The summed E-state index contributed by atoms with van der Waals surface area (Å²) in [7, 11) is 0. The van der Waals surface area contributed by atoms with Gasteiger partial charge in [0.15, 0.2) is 23.5 Å². The number of hydrogen-bond donors (Lipinski definition) is 5. The number of carboxylic acids is 1. The van der Waals surface area contributed by atoms with Crippen LogP contribution in [0.1, 0.15) is 56.1 Å². The van der Waals surface area contributed by atoms with Crippen molar-refractivity contribution in [1.82, 2.24) is 19.5 Å². The molecule has 0 radical (unpaired) electrons. The van der Waals surface area contributed by atoms with E-state index >= 15 is 0 Å². The van der Waals surface area contributed by atoms with Crippen LogP contribution in [-0.2, 0) is 26.3 Å². The number of hydrogen-bond acceptors (Lipinski definition) is 10. The number of aromatic nitrogens is 4. The number of aliphatic hydroxyl groups excluding tert-OH is 2. The van der Waals surface area contributed by atoms with Gasteiger partial charge in [-0.05, 0) is 49.3 Å². The SMILES string of the molecule is NC(=O)CCC[C@H]1O[C@@H](n2cnc3c(N)nc(C4(CCc5ccccc5)C=C(CCC(=O)O)C=N4)nc32)C(O)C1O. The number of nitrogen functional groups attached to an aromatic ring is 1. The normalized spacial score (nSPS) is 25.6. The quantitative estimate of drug-likeness (QED) is 0.213. The number of amides is 1. The number of nitrogens with zero attached hydrogens (tertiary/aromatic N) is 5. The van der Waals surface area contributed by atoms with Crippen molar-refractivity contribution in [2.45, 2.75) is 75.0 Å². The number of carbonyl (C=O) groups is 2. The summed E-state index contributed by atoms with van der Waals surface area (Å²) in [5, 5.41) is 30.7. The van der Waals surface area contributed by atoms with Crippen molar-refractivity contribution in [3.8, 4) is 0 Å².